The summed E-state index contributed by atoms with van der Waals surface area (Å²) in [5, 5.41) is 3.09. The van der Waals surface area contributed by atoms with E-state index in [0.717, 1.165) is 25.0 Å². The quantitative estimate of drug-likeness (QED) is 0.902. The van der Waals surface area contributed by atoms with E-state index in [1.165, 1.54) is 29.3 Å². The van der Waals surface area contributed by atoms with E-state index in [9.17, 15) is 17.6 Å². The molecule has 0 radical (unpaired) electrons. The Balaban J connectivity index is 1.57. The zero-order valence-electron chi connectivity index (χ0n) is 13.6. The van der Waals surface area contributed by atoms with Crippen LogP contribution in [0, 0.1) is 11.7 Å². The van der Waals surface area contributed by atoms with Crippen molar-refractivity contribution >= 4 is 15.9 Å². The predicted molar refractivity (Wildman–Crippen MR) is 88.3 cm³/mol. The molecule has 7 heteroatoms. The average molecular weight is 354 g/mol. The smallest absolute Gasteiger partial charge is 0.243 e. The molecule has 1 aromatic rings. The highest BCUT2D eigenvalue weighted by Crippen LogP contribution is 2.25. The highest BCUT2D eigenvalue weighted by Gasteiger charge is 2.32. The number of amides is 1. The molecule has 132 valence electrons. The van der Waals surface area contributed by atoms with E-state index in [1.54, 1.807) is 0 Å². The first kappa shape index (κ1) is 17.4. The molecule has 0 aromatic heterocycles. The largest absolute Gasteiger partial charge is 0.353 e. The Hall–Kier alpha value is -1.47. The minimum absolute atomic E-state index is 0.0562. The van der Waals surface area contributed by atoms with Crippen molar-refractivity contribution in [1.82, 2.24) is 9.62 Å². The van der Waals surface area contributed by atoms with Crippen molar-refractivity contribution in [3.8, 4) is 0 Å². The molecule has 5 nitrogen and oxygen atoms in total. The fraction of sp³-hybridized carbons (Fsp3) is 0.588. The lowest BCUT2D eigenvalue weighted by Crippen LogP contribution is -2.44. The third-order valence-electron chi connectivity index (χ3n) is 4.98. The highest BCUT2D eigenvalue weighted by molar-refractivity contribution is 7.89. The number of carbonyl (C=O) groups is 1. The van der Waals surface area contributed by atoms with Gasteiger partial charge in [-0.3, -0.25) is 4.79 Å². The Labute approximate surface area is 142 Å². The van der Waals surface area contributed by atoms with Gasteiger partial charge in [-0.05, 0) is 49.9 Å². The lowest BCUT2D eigenvalue weighted by Gasteiger charge is -2.31. The molecule has 2 aliphatic rings. The summed E-state index contributed by atoms with van der Waals surface area (Å²) in [6.07, 6.45) is 5.48. The van der Waals surface area contributed by atoms with Gasteiger partial charge in [0, 0.05) is 25.0 Å². The van der Waals surface area contributed by atoms with Crippen molar-refractivity contribution in [3.05, 3.63) is 30.1 Å². The fourth-order valence-corrected chi connectivity index (χ4v) is 4.97. The summed E-state index contributed by atoms with van der Waals surface area (Å²) in [6, 6.07) is 5.15. The van der Waals surface area contributed by atoms with Gasteiger partial charge < -0.3 is 5.32 Å². The molecule has 2 fully saturated rings. The molecule has 24 heavy (non-hydrogen) atoms. The third kappa shape index (κ3) is 3.78. The second kappa shape index (κ2) is 7.19. The van der Waals surface area contributed by atoms with Gasteiger partial charge in [-0.2, -0.15) is 4.31 Å². The number of hydrogen-bond donors (Lipinski definition) is 1. The van der Waals surface area contributed by atoms with Gasteiger partial charge in [-0.25, -0.2) is 12.8 Å². The van der Waals surface area contributed by atoms with E-state index >= 15 is 0 Å². The van der Waals surface area contributed by atoms with Gasteiger partial charge in [0.15, 0.2) is 0 Å². The second-order valence-corrected chi connectivity index (χ2v) is 8.56. The van der Waals surface area contributed by atoms with Crippen LogP contribution in [-0.2, 0) is 14.8 Å². The van der Waals surface area contributed by atoms with Crippen molar-refractivity contribution < 1.29 is 17.6 Å². The van der Waals surface area contributed by atoms with Gasteiger partial charge in [0.1, 0.15) is 5.82 Å². The second-order valence-electron chi connectivity index (χ2n) is 6.62. The van der Waals surface area contributed by atoms with Crippen LogP contribution in [0.1, 0.15) is 38.5 Å². The lowest BCUT2D eigenvalue weighted by atomic mass is 9.97. The zero-order chi connectivity index (χ0) is 17.2. The number of carbonyl (C=O) groups excluding carboxylic acids is 1. The first-order valence-corrected chi connectivity index (χ1v) is 9.97. The number of rotatable bonds is 4. The van der Waals surface area contributed by atoms with E-state index in [4.69, 9.17) is 0 Å². The molecular formula is C17H23FN2O3S. The topological polar surface area (TPSA) is 66.5 Å². The van der Waals surface area contributed by atoms with Crippen LogP contribution in [0.4, 0.5) is 4.39 Å². The van der Waals surface area contributed by atoms with Crippen molar-refractivity contribution in [3.63, 3.8) is 0 Å². The minimum atomic E-state index is -3.62. The Bertz CT molecular complexity index is 676. The maximum absolute atomic E-state index is 13.0. The van der Waals surface area contributed by atoms with E-state index < -0.39 is 15.8 Å². The fourth-order valence-electron chi connectivity index (χ4n) is 3.50. The van der Waals surface area contributed by atoms with Crippen LogP contribution in [0.3, 0.4) is 0 Å². The van der Waals surface area contributed by atoms with Crippen LogP contribution >= 0.6 is 0 Å². The molecular weight excluding hydrogens is 331 g/mol. The Morgan fingerprint density at radius 1 is 1.04 bits per heavy atom. The van der Waals surface area contributed by atoms with Gasteiger partial charge in [0.2, 0.25) is 15.9 Å². The number of sulfonamides is 1. The van der Waals surface area contributed by atoms with Gasteiger partial charge in [-0.15, -0.1) is 0 Å². The van der Waals surface area contributed by atoms with Crippen LogP contribution < -0.4 is 5.32 Å². The number of nitrogens with zero attached hydrogens (tertiary/aromatic N) is 1. The summed E-state index contributed by atoms with van der Waals surface area (Å²) >= 11 is 0. The van der Waals surface area contributed by atoms with Gasteiger partial charge in [-0.1, -0.05) is 12.8 Å². The summed E-state index contributed by atoms with van der Waals surface area (Å²) in [6.45, 7) is 0.644. The first-order chi connectivity index (χ1) is 11.5. The molecule has 1 aromatic carbocycles. The number of halogens is 1. The van der Waals surface area contributed by atoms with Crippen molar-refractivity contribution in [2.24, 2.45) is 5.92 Å². The molecule has 1 N–H and O–H groups in total. The number of nitrogens with one attached hydrogen (secondary N) is 1. The van der Waals surface area contributed by atoms with Gasteiger partial charge in [0.25, 0.3) is 0 Å². The van der Waals surface area contributed by atoms with E-state index in [2.05, 4.69) is 5.32 Å². The van der Waals surface area contributed by atoms with Crippen molar-refractivity contribution in [2.45, 2.75) is 49.5 Å². The van der Waals surface area contributed by atoms with Crippen LogP contribution in [0.15, 0.2) is 29.2 Å². The molecule has 3 rings (SSSR count). The average Bonchev–Trinajstić information content (AvgIpc) is 3.08. The standard InChI is InChI=1S/C17H23FN2O3S/c18-14-5-7-16(8-6-14)24(22,23)20-11-9-13(10-12-20)17(21)19-15-3-1-2-4-15/h5-8,13,15H,1-4,9-12H2,(H,19,21). The lowest BCUT2D eigenvalue weighted by molar-refractivity contribution is -0.126. The highest BCUT2D eigenvalue weighted by atomic mass is 32.2. The van der Waals surface area contributed by atoms with Crippen molar-refractivity contribution in [1.29, 1.82) is 0 Å². The monoisotopic (exact) mass is 354 g/mol. The maximum atomic E-state index is 13.0. The van der Waals surface area contributed by atoms with Crippen LogP contribution in [0.5, 0.6) is 0 Å². The summed E-state index contributed by atoms with van der Waals surface area (Å²) < 4.78 is 39.5. The summed E-state index contributed by atoms with van der Waals surface area (Å²) in [4.78, 5) is 12.4. The molecule has 0 atom stereocenters. The number of benzene rings is 1. The van der Waals surface area contributed by atoms with E-state index in [0.29, 0.717) is 32.0 Å². The Morgan fingerprint density at radius 3 is 2.21 bits per heavy atom. The number of hydrogen-bond acceptors (Lipinski definition) is 3. The van der Waals surface area contributed by atoms with Crippen LogP contribution in [0.2, 0.25) is 0 Å². The maximum Gasteiger partial charge on any atom is 0.243 e. The first-order valence-electron chi connectivity index (χ1n) is 8.53. The molecule has 1 amide bonds. The molecule has 0 unspecified atom stereocenters. The summed E-state index contributed by atoms with van der Waals surface area (Å²) in [5.41, 5.74) is 0. The molecule has 0 spiro atoms. The third-order valence-corrected chi connectivity index (χ3v) is 6.89. The summed E-state index contributed by atoms with van der Waals surface area (Å²) in [7, 11) is -3.62. The SMILES string of the molecule is O=C(NC1CCCC1)C1CCN(S(=O)(=O)c2ccc(F)cc2)CC1. The zero-order valence-corrected chi connectivity index (χ0v) is 14.4. The molecule has 0 bridgehead atoms. The number of piperidine rings is 1. The molecule has 1 saturated carbocycles. The van der Waals surface area contributed by atoms with E-state index in [-0.39, 0.29) is 16.7 Å². The predicted octanol–water partition coefficient (Wildman–Crippen LogP) is 2.29. The van der Waals surface area contributed by atoms with Crippen LogP contribution in [-0.4, -0.2) is 37.8 Å². The Kier molecular flexibility index (Phi) is 5.20. The van der Waals surface area contributed by atoms with Gasteiger partial charge >= 0.3 is 0 Å². The molecule has 1 aliphatic heterocycles. The van der Waals surface area contributed by atoms with E-state index in [1.807, 2.05) is 0 Å². The normalized spacial score (nSPS) is 21.0. The van der Waals surface area contributed by atoms with Crippen LogP contribution in [0.25, 0.3) is 0 Å². The van der Waals surface area contributed by atoms with Gasteiger partial charge in [0.05, 0.1) is 4.90 Å². The molecule has 1 saturated heterocycles. The minimum Gasteiger partial charge on any atom is -0.353 e. The molecule has 1 aliphatic carbocycles. The molecule has 1 heterocycles. The summed E-state index contributed by atoms with van der Waals surface area (Å²) in [5.74, 6) is -0.526. The van der Waals surface area contributed by atoms with Crippen molar-refractivity contribution in [2.75, 3.05) is 13.1 Å². The Morgan fingerprint density at radius 2 is 1.62 bits per heavy atom.